The van der Waals surface area contributed by atoms with Gasteiger partial charge in [0.25, 0.3) is 0 Å². The second-order valence-corrected chi connectivity index (χ2v) is 14.0. The smallest absolute Gasteiger partial charge is 0.482 e. The Hall–Kier alpha value is -4.71. The first-order chi connectivity index (χ1) is 23.3. The summed E-state index contributed by atoms with van der Waals surface area (Å²) < 4.78 is 35.5. The van der Waals surface area contributed by atoms with Gasteiger partial charge < -0.3 is 33.2 Å². The molecule has 2 fully saturated rings. The zero-order valence-electron chi connectivity index (χ0n) is 28.2. The third-order valence-corrected chi connectivity index (χ3v) is 10.9. The van der Waals surface area contributed by atoms with E-state index in [4.69, 9.17) is 28.1 Å². The molecule has 2 unspecified atom stereocenters. The van der Waals surface area contributed by atoms with Gasteiger partial charge in [-0.25, -0.2) is 9.59 Å². The van der Waals surface area contributed by atoms with Crippen LogP contribution in [0.5, 0.6) is 5.75 Å². The largest absolute Gasteiger partial charge is 0.509 e. The number of carbonyl (C=O) groups excluding carboxylic acids is 3. The lowest BCUT2D eigenvalue weighted by atomic mass is 9.42. The van der Waals surface area contributed by atoms with Crippen molar-refractivity contribution in [1.29, 1.82) is 0 Å². The van der Waals surface area contributed by atoms with Crippen molar-refractivity contribution >= 4 is 18.1 Å². The van der Waals surface area contributed by atoms with Gasteiger partial charge >= 0.3 is 23.7 Å². The molecule has 0 amide bonds. The first kappa shape index (κ1) is 34.2. The van der Waals surface area contributed by atoms with Gasteiger partial charge in [0, 0.05) is 49.2 Å². The minimum absolute atomic E-state index is 0.0335. The predicted molar refractivity (Wildman–Crippen MR) is 173 cm³/mol. The molecule has 3 heterocycles. The summed E-state index contributed by atoms with van der Waals surface area (Å²) in [5, 5.41) is 12.3. The van der Waals surface area contributed by atoms with Gasteiger partial charge in [0.05, 0.1) is 6.10 Å². The SMILES string of the molecule is CC(=O)OC[C@@]1(C)C2C[C@H](OC(=O)OCc3ccccc3)[C@@]3(C)Oc4cc(-c5cccnc5)oc(=O)c4[C@H](O)C3[C@@]2(C)CC[C@@H]1OC(C)=O. The van der Waals surface area contributed by atoms with Crippen molar-refractivity contribution in [2.24, 2.45) is 22.7 Å². The number of fused-ring (bicyclic) bond motifs is 4. The molecule has 1 N–H and O–H groups in total. The van der Waals surface area contributed by atoms with Crippen LogP contribution in [-0.4, -0.2) is 52.6 Å². The van der Waals surface area contributed by atoms with Crippen LogP contribution in [0.4, 0.5) is 4.79 Å². The highest BCUT2D eigenvalue weighted by atomic mass is 16.7. The summed E-state index contributed by atoms with van der Waals surface area (Å²) in [5.74, 6) is -2.00. The first-order valence-corrected chi connectivity index (χ1v) is 16.4. The molecule has 3 aromatic rings. The fraction of sp³-hybridized carbons (Fsp3) is 0.486. The molecule has 8 atom stereocenters. The number of hydrogen-bond acceptors (Lipinski definition) is 12. The van der Waals surface area contributed by atoms with Crippen molar-refractivity contribution in [2.45, 2.75) is 84.4 Å². The average Bonchev–Trinajstić information content (AvgIpc) is 3.05. The molecule has 0 spiro atoms. The molecule has 3 aliphatic rings. The van der Waals surface area contributed by atoms with Gasteiger partial charge in [-0.3, -0.25) is 14.6 Å². The van der Waals surface area contributed by atoms with E-state index in [1.54, 1.807) is 37.5 Å². The van der Waals surface area contributed by atoms with Crippen LogP contribution >= 0.6 is 0 Å². The van der Waals surface area contributed by atoms with Crippen LogP contribution in [0.1, 0.15) is 71.1 Å². The van der Waals surface area contributed by atoms with Crippen molar-refractivity contribution in [3.63, 3.8) is 0 Å². The molecule has 6 rings (SSSR count). The van der Waals surface area contributed by atoms with E-state index in [-0.39, 0.29) is 36.7 Å². The summed E-state index contributed by atoms with van der Waals surface area (Å²) in [6.07, 6.45) is 0.117. The summed E-state index contributed by atoms with van der Waals surface area (Å²) in [6, 6.07) is 14.1. The van der Waals surface area contributed by atoms with E-state index in [2.05, 4.69) is 4.98 Å². The van der Waals surface area contributed by atoms with Crippen LogP contribution in [0.25, 0.3) is 11.3 Å². The monoisotopic (exact) mass is 675 g/mol. The molecular formula is C37H41NO11. The van der Waals surface area contributed by atoms with Gasteiger partial charge in [0.15, 0.2) is 0 Å². The van der Waals surface area contributed by atoms with E-state index in [1.807, 2.05) is 44.2 Å². The van der Waals surface area contributed by atoms with Gasteiger partial charge in [0.1, 0.15) is 48.1 Å². The van der Waals surface area contributed by atoms with E-state index >= 15 is 0 Å². The van der Waals surface area contributed by atoms with Crippen molar-refractivity contribution in [2.75, 3.05) is 6.61 Å². The number of pyridine rings is 1. The predicted octanol–water partition coefficient (Wildman–Crippen LogP) is 5.55. The maximum Gasteiger partial charge on any atom is 0.509 e. The van der Waals surface area contributed by atoms with Gasteiger partial charge in [-0.15, -0.1) is 0 Å². The Kier molecular flexibility index (Phi) is 9.04. The van der Waals surface area contributed by atoms with Crippen LogP contribution in [0.3, 0.4) is 0 Å². The molecule has 1 aliphatic heterocycles. The Bertz CT molecular complexity index is 1780. The zero-order valence-corrected chi connectivity index (χ0v) is 28.2. The molecule has 12 nitrogen and oxygen atoms in total. The number of rotatable bonds is 7. The maximum absolute atomic E-state index is 13.6. The quantitative estimate of drug-likeness (QED) is 0.246. The Morgan fingerprint density at radius 2 is 1.73 bits per heavy atom. The Balaban J connectivity index is 1.45. The van der Waals surface area contributed by atoms with Crippen LogP contribution < -0.4 is 10.4 Å². The maximum atomic E-state index is 13.6. The van der Waals surface area contributed by atoms with Crippen LogP contribution in [0.2, 0.25) is 0 Å². The number of aliphatic hydroxyl groups is 1. The standard InChI is InChI=1S/C37H41NO11/c1-21(39)45-20-36(4)27-17-29(48-34(43)44-19-23-10-7-6-8-11-23)37(5)32(35(27,3)14-13-28(36)46-22(2)40)31(41)30-26(49-37)16-25(47-33(30)42)24-12-9-15-38-18-24/h6-12,15-16,18,27-29,31-32,41H,13-14,17,19-20H2,1-5H3/t27?,28-,29-,31-,32?,35-,36-,37+/m0/s1. The lowest BCUT2D eigenvalue weighted by Gasteiger charge is -2.66. The van der Waals surface area contributed by atoms with Crippen LogP contribution in [0.15, 0.2) is 70.1 Å². The fourth-order valence-corrected chi connectivity index (χ4v) is 8.70. The van der Waals surface area contributed by atoms with Crippen LogP contribution in [-0.2, 0) is 35.1 Å². The number of carbonyl (C=O) groups is 3. The average molecular weight is 676 g/mol. The summed E-state index contributed by atoms with van der Waals surface area (Å²) in [4.78, 5) is 55.5. The summed E-state index contributed by atoms with van der Waals surface area (Å²) in [6.45, 7) is 8.12. The number of hydrogen-bond donors (Lipinski definition) is 1. The zero-order chi connectivity index (χ0) is 35.1. The molecule has 1 aromatic carbocycles. The van der Waals surface area contributed by atoms with Crippen LogP contribution in [0, 0.1) is 22.7 Å². The van der Waals surface area contributed by atoms with E-state index in [0.29, 0.717) is 18.4 Å². The summed E-state index contributed by atoms with van der Waals surface area (Å²) >= 11 is 0. The molecular weight excluding hydrogens is 634 g/mol. The van der Waals surface area contributed by atoms with E-state index < -0.39 is 70.3 Å². The van der Waals surface area contributed by atoms with E-state index in [1.165, 1.54) is 13.8 Å². The number of esters is 2. The Morgan fingerprint density at radius 3 is 2.41 bits per heavy atom. The number of nitrogens with zero attached hydrogens (tertiary/aromatic N) is 1. The van der Waals surface area contributed by atoms with Crippen molar-refractivity contribution in [1.82, 2.24) is 4.98 Å². The number of benzene rings is 1. The topological polar surface area (TPSA) is 161 Å². The Labute approximate surface area is 283 Å². The second kappa shape index (κ2) is 13.0. The van der Waals surface area contributed by atoms with E-state index in [9.17, 15) is 24.3 Å². The highest BCUT2D eigenvalue weighted by Crippen LogP contribution is 2.67. The molecule has 49 heavy (non-hydrogen) atoms. The number of ether oxygens (including phenoxy) is 5. The lowest BCUT2D eigenvalue weighted by molar-refractivity contribution is -0.268. The highest BCUT2D eigenvalue weighted by Gasteiger charge is 2.71. The summed E-state index contributed by atoms with van der Waals surface area (Å²) in [7, 11) is 0. The fourth-order valence-electron chi connectivity index (χ4n) is 8.70. The molecule has 0 radical (unpaired) electrons. The van der Waals surface area contributed by atoms with Crippen molar-refractivity contribution in [3.05, 3.63) is 82.5 Å². The molecule has 2 aromatic heterocycles. The third-order valence-electron chi connectivity index (χ3n) is 10.9. The highest BCUT2D eigenvalue weighted by molar-refractivity contribution is 5.67. The first-order valence-electron chi connectivity index (χ1n) is 16.4. The molecule has 0 saturated heterocycles. The van der Waals surface area contributed by atoms with Gasteiger partial charge in [0.2, 0.25) is 0 Å². The van der Waals surface area contributed by atoms with Gasteiger partial charge in [-0.05, 0) is 55.2 Å². The normalized spacial score (nSPS) is 31.5. The molecule has 2 aliphatic carbocycles. The summed E-state index contributed by atoms with van der Waals surface area (Å²) in [5.41, 5.74) is -2.68. The minimum Gasteiger partial charge on any atom is -0.482 e. The molecule has 2 saturated carbocycles. The van der Waals surface area contributed by atoms with Gasteiger partial charge in [-0.1, -0.05) is 44.2 Å². The lowest BCUT2D eigenvalue weighted by Crippen LogP contribution is -2.71. The van der Waals surface area contributed by atoms with Crippen molar-refractivity contribution in [3.8, 4) is 17.1 Å². The molecule has 12 heteroatoms. The third kappa shape index (κ3) is 6.18. The second-order valence-electron chi connectivity index (χ2n) is 14.0. The number of aliphatic hydroxyl groups excluding tert-OH is 1. The minimum atomic E-state index is -1.41. The van der Waals surface area contributed by atoms with E-state index in [0.717, 1.165) is 5.56 Å². The van der Waals surface area contributed by atoms with Gasteiger partial charge in [-0.2, -0.15) is 0 Å². The Morgan fingerprint density at radius 1 is 0.980 bits per heavy atom. The molecule has 0 bridgehead atoms. The number of aromatic nitrogens is 1. The van der Waals surface area contributed by atoms with Crippen molar-refractivity contribution < 1.29 is 47.6 Å². The molecule has 260 valence electrons.